The zero-order valence-electron chi connectivity index (χ0n) is 20.1. The molecule has 8 rings (SSSR count). The molecule has 0 fully saturated rings. The molecule has 1 heterocycles. The number of hydrogen-bond donors (Lipinski definition) is 0. The average molecular weight is 471 g/mol. The Morgan fingerprint density at radius 3 is 1.62 bits per heavy atom. The lowest BCUT2D eigenvalue weighted by molar-refractivity contribution is 0.794. The topological polar surface area (TPSA) is 25.8 Å². The van der Waals surface area contributed by atoms with Crippen molar-refractivity contribution in [3.63, 3.8) is 0 Å². The maximum Gasteiger partial charge on any atom is 0.159 e. The van der Waals surface area contributed by atoms with Crippen molar-refractivity contribution in [3.8, 4) is 44.9 Å². The van der Waals surface area contributed by atoms with E-state index in [9.17, 15) is 0 Å². The molecule has 0 bridgehead atoms. The highest BCUT2D eigenvalue weighted by atomic mass is 14.9. The summed E-state index contributed by atoms with van der Waals surface area (Å²) in [5, 5.41) is 0. The number of benzene rings is 5. The first-order chi connectivity index (χ1) is 18.4. The van der Waals surface area contributed by atoms with Crippen molar-refractivity contribution in [2.45, 2.75) is 5.41 Å². The van der Waals surface area contributed by atoms with Gasteiger partial charge in [-0.3, -0.25) is 0 Å². The molecule has 0 atom stereocenters. The molecule has 0 amide bonds. The van der Waals surface area contributed by atoms with Gasteiger partial charge in [0.05, 0.1) is 11.1 Å². The maximum atomic E-state index is 4.94. The predicted octanol–water partition coefficient (Wildman–Crippen LogP) is 8.15. The molecule has 0 unspecified atom stereocenters. The second-order valence-corrected chi connectivity index (χ2v) is 9.78. The fourth-order valence-electron chi connectivity index (χ4n) is 6.50. The van der Waals surface area contributed by atoms with Crippen molar-refractivity contribution >= 4 is 0 Å². The van der Waals surface area contributed by atoms with Crippen molar-refractivity contribution in [1.82, 2.24) is 9.97 Å². The van der Waals surface area contributed by atoms with Gasteiger partial charge in [-0.15, -0.1) is 0 Å². The zero-order valence-corrected chi connectivity index (χ0v) is 20.1. The molecule has 5 aromatic carbocycles. The molecular formula is C35H22N2. The highest BCUT2D eigenvalue weighted by molar-refractivity contribution is 5.95. The molecular weight excluding hydrogens is 448 g/mol. The lowest BCUT2D eigenvalue weighted by Gasteiger charge is -2.30. The van der Waals surface area contributed by atoms with E-state index in [2.05, 4.69) is 108 Å². The van der Waals surface area contributed by atoms with Gasteiger partial charge in [-0.1, -0.05) is 115 Å². The summed E-state index contributed by atoms with van der Waals surface area (Å²) in [7, 11) is 0. The molecule has 2 aliphatic rings. The molecule has 2 aliphatic carbocycles. The van der Waals surface area contributed by atoms with Crippen LogP contribution in [0.2, 0.25) is 0 Å². The van der Waals surface area contributed by atoms with Crippen molar-refractivity contribution < 1.29 is 0 Å². The summed E-state index contributed by atoms with van der Waals surface area (Å²) in [6.07, 6.45) is 1.86. The second kappa shape index (κ2) is 7.59. The lowest BCUT2D eigenvalue weighted by atomic mass is 9.70. The van der Waals surface area contributed by atoms with E-state index in [4.69, 9.17) is 4.98 Å². The van der Waals surface area contributed by atoms with E-state index in [0.717, 1.165) is 22.6 Å². The first-order valence-corrected chi connectivity index (χ1v) is 12.7. The van der Waals surface area contributed by atoms with Crippen LogP contribution in [0.25, 0.3) is 44.9 Å². The maximum absolute atomic E-state index is 4.94. The van der Waals surface area contributed by atoms with Crippen molar-refractivity contribution in [1.29, 1.82) is 0 Å². The van der Waals surface area contributed by atoms with Gasteiger partial charge in [-0.05, 0) is 56.6 Å². The number of fused-ring (bicyclic) bond motifs is 10. The van der Waals surface area contributed by atoms with Gasteiger partial charge in [0.15, 0.2) is 5.82 Å². The summed E-state index contributed by atoms with van der Waals surface area (Å²) < 4.78 is 0. The van der Waals surface area contributed by atoms with Crippen LogP contribution in [-0.2, 0) is 5.41 Å². The third-order valence-corrected chi connectivity index (χ3v) is 7.98. The summed E-state index contributed by atoms with van der Waals surface area (Å²) in [6.45, 7) is 0. The van der Waals surface area contributed by atoms with Gasteiger partial charge in [0.1, 0.15) is 0 Å². The Balaban J connectivity index is 1.38. The van der Waals surface area contributed by atoms with E-state index < -0.39 is 0 Å². The van der Waals surface area contributed by atoms with Crippen molar-refractivity contribution in [2.24, 2.45) is 0 Å². The van der Waals surface area contributed by atoms with Gasteiger partial charge in [-0.2, -0.15) is 0 Å². The molecule has 0 aliphatic heterocycles. The lowest BCUT2D eigenvalue weighted by Crippen LogP contribution is -2.25. The van der Waals surface area contributed by atoms with Crippen LogP contribution < -0.4 is 0 Å². The molecule has 172 valence electrons. The molecule has 0 radical (unpaired) electrons. The van der Waals surface area contributed by atoms with Crippen LogP contribution in [0.5, 0.6) is 0 Å². The SMILES string of the molecule is c1ccc(-c2nccc(-c3ccc4c(c3)-c3ccccc3C43c4ccccc4-c4ccccc43)n2)cc1. The summed E-state index contributed by atoms with van der Waals surface area (Å²) in [5.74, 6) is 0.745. The predicted molar refractivity (Wildman–Crippen MR) is 149 cm³/mol. The van der Waals surface area contributed by atoms with Gasteiger partial charge in [0.25, 0.3) is 0 Å². The third kappa shape index (κ3) is 2.70. The Bertz CT molecular complexity index is 1790. The standard InChI is InChI=1S/C35H22N2/c1-2-10-23(11-3-1)34-36-21-20-33(37-34)24-18-19-32-28(22-24)27-14-6-9-17-31(27)35(32)29-15-7-4-12-25(29)26-13-5-8-16-30(26)35/h1-22H. The van der Waals surface area contributed by atoms with Gasteiger partial charge >= 0.3 is 0 Å². The molecule has 0 saturated heterocycles. The van der Waals surface area contributed by atoms with Crippen LogP contribution in [0, 0.1) is 0 Å². The first-order valence-electron chi connectivity index (χ1n) is 12.7. The minimum atomic E-state index is -0.307. The average Bonchev–Trinajstić information content (AvgIpc) is 3.45. The fourth-order valence-corrected chi connectivity index (χ4v) is 6.50. The normalized spacial score (nSPS) is 13.6. The summed E-state index contributed by atoms with van der Waals surface area (Å²) in [6, 6.07) is 45.8. The van der Waals surface area contributed by atoms with Gasteiger partial charge < -0.3 is 0 Å². The van der Waals surface area contributed by atoms with Crippen LogP contribution in [0.1, 0.15) is 22.3 Å². The molecule has 2 nitrogen and oxygen atoms in total. The van der Waals surface area contributed by atoms with Crippen molar-refractivity contribution in [3.05, 3.63) is 156 Å². The Morgan fingerprint density at radius 1 is 0.432 bits per heavy atom. The summed E-state index contributed by atoms with van der Waals surface area (Å²) in [5.41, 5.74) is 13.4. The van der Waals surface area contributed by atoms with E-state index in [0.29, 0.717) is 0 Å². The van der Waals surface area contributed by atoms with E-state index in [1.807, 2.05) is 30.5 Å². The molecule has 0 saturated carbocycles. The third-order valence-electron chi connectivity index (χ3n) is 7.98. The number of aromatic nitrogens is 2. The van der Waals surface area contributed by atoms with E-state index in [-0.39, 0.29) is 5.41 Å². The zero-order chi connectivity index (χ0) is 24.4. The van der Waals surface area contributed by atoms with Gasteiger partial charge in [-0.25, -0.2) is 9.97 Å². The smallest absolute Gasteiger partial charge is 0.159 e. The van der Waals surface area contributed by atoms with Gasteiger partial charge in [0, 0.05) is 17.3 Å². The molecule has 0 N–H and O–H groups in total. The largest absolute Gasteiger partial charge is 0.237 e. The van der Waals surface area contributed by atoms with Crippen LogP contribution >= 0.6 is 0 Å². The van der Waals surface area contributed by atoms with Crippen LogP contribution in [0.4, 0.5) is 0 Å². The second-order valence-electron chi connectivity index (χ2n) is 9.78. The summed E-state index contributed by atoms with van der Waals surface area (Å²) >= 11 is 0. The highest BCUT2D eigenvalue weighted by Crippen LogP contribution is 2.62. The monoisotopic (exact) mass is 470 g/mol. The number of nitrogens with zero attached hydrogens (tertiary/aromatic N) is 2. The van der Waals surface area contributed by atoms with E-state index in [1.165, 1.54) is 44.5 Å². The Morgan fingerprint density at radius 2 is 0.973 bits per heavy atom. The van der Waals surface area contributed by atoms with Gasteiger partial charge in [0.2, 0.25) is 0 Å². The van der Waals surface area contributed by atoms with E-state index in [1.54, 1.807) is 0 Å². The minimum absolute atomic E-state index is 0.307. The fraction of sp³-hybridized carbons (Fsp3) is 0.0286. The highest BCUT2D eigenvalue weighted by Gasteiger charge is 2.51. The minimum Gasteiger partial charge on any atom is -0.237 e. The molecule has 2 heteroatoms. The molecule has 6 aromatic rings. The number of hydrogen-bond acceptors (Lipinski definition) is 2. The Labute approximate surface area is 216 Å². The molecule has 37 heavy (non-hydrogen) atoms. The van der Waals surface area contributed by atoms with Crippen LogP contribution in [-0.4, -0.2) is 9.97 Å². The first kappa shape index (κ1) is 20.4. The molecule has 1 spiro atoms. The quantitative estimate of drug-likeness (QED) is 0.255. The Hall–Kier alpha value is -4.82. The van der Waals surface area contributed by atoms with E-state index >= 15 is 0 Å². The Kier molecular flexibility index (Phi) is 4.18. The molecule has 1 aromatic heterocycles. The number of rotatable bonds is 2. The van der Waals surface area contributed by atoms with Crippen molar-refractivity contribution in [2.75, 3.05) is 0 Å². The van der Waals surface area contributed by atoms with Crippen LogP contribution in [0.15, 0.2) is 134 Å². The van der Waals surface area contributed by atoms with Crippen LogP contribution in [0.3, 0.4) is 0 Å². The summed E-state index contributed by atoms with van der Waals surface area (Å²) in [4.78, 5) is 9.48.